The molecule has 0 spiro atoms. The summed E-state index contributed by atoms with van der Waals surface area (Å²) in [5.74, 6) is -1.75. The number of H-pyrrole nitrogens is 1. The number of ether oxygens (including phenoxy) is 1. The topological polar surface area (TPSA) is 85.7 Å². The van der Waals surface area contributed by atoms with Crippen LogP contribution in [0.1, 0.15) is 11.1 Å². The van der Waals surface area contributed by atoms with Gasteiger partial charge in [0.05, 0.1) is 11.4 Å². The summed E-state index contributed by atoms with van der Waals surface area (Å²) in [4.78, 5) is 15.9. The van der Waals surface area contributed by atoms with E-state index < -0.39 is 17.3 Å². The van der Waals surface area contributed by atoms with Crippen LogP contribution >= 0.6 is 11.6 Å². The minimum Gasteiger partial charge on any atom is -0.486 e. The fourth-order valence-corrected chi connectivity index (χ4v) is 3.14. The molecule has 4 rings (SSSR count). The molecule has 2 heterocycles. The van der Waals surface area contributed by atoms with Gasteiger partial charge in [0, 0.05) is 17.2 Å². The standard InChI is InChI=1S/C20H14ClF2N5O2/c1-11-4-2-6-17(28-20(29)25-26-27-28)13(11)10-30-18-9-14(22)12(8-15(18)23)16-5-3-7-19(21)24-16/h2-9H,10H2,1H3,(H,25,27,29). The van der Waals surface area contributed by atoms with E-state index in [1.54, 1.807) is 31.2 Å². The minimum atomic E-state index is -0.762. The van der Waals surface area contributed by atoms with Crippen molar-refractivity contribution >= 4 is 11.6 Å². The van der Waals surface area contributed by atoms with Crippen LogP contribution in [0.3, 0.4) is 0 Å². The van der Waals surface area contributed by atoms with Crippen molar-refractivity contribution in [1.29, 1.82) is 0 Å². The second-order valence-electron chi connectivity index (χ2n) is 6.39. The van der Waals surface area contributed by atoms with E-state index in [-0.39, 0.29) is 28.8 Å². The molecule has 7 nitrogen and oxygen atoms in total. The predicted molar refractivity (Wildman–Crippen MR) is 106 cm³/mol. The van der Waals surface area contributed by atoms with Crippen LogP contribution in [-0.2, 0) is 6.61 Å². The van der Waals surface area contributed by atoms with Gasteiger partial charge in [-0.1, -0.05) is 29.8 Å². The molecule has 2 aromatic carbocycles. The van der Waals surface area contributed by atoms with Crippen LogP contribution in [0.25, 0.3) is 16.9 Å². The molecule has 2 aromatic heterocycles. The molecule has 0 saturated carbocycles. The fourth-order valence-electron chi connectivity index (χ4n) is 2.97. The maximum Gasteiger partial charge on any atom is 0.365 e. The summed E-state index contributed by atoms with van der Waals surface area (Å²) in [5, 5.41) is 9.56. The van der Waals surface area contributed by atoms with E-state index in [4.69, 9.17) is 16.3 Å². The summed E-state index contributed by atoms with van der Waals surface area (Å²) in [6.45, 7) is 1.69. The van der Waals surface area contributed by atoms with Gasteiger partial charge in [0.15, 0.2) is 11.6 Å². The van der Waals surface area contributed by atoms with Crippen LogP contribution in [0.15, 0.2) is 53.3 Å². The molecule has 0 aliphatic heterocycles. The Morgan fingerprint density at radius 3 is 2.67 bits per heavy atom. The van der Waals surface area contributed by atoms with Gasteiger partial charge in [0.25, 0.3) is 0 Å². The Balaban J connectivity index is 1.65. The largest absolute Gasteiger partial charge is 0.486 e. The van der Waals surface area contributed by atoms with Crippen molar-refractivity contribution in [3.05, 3.63) is 86.9 Å². The lowest BCUT2D eigenvalue weighted by atomic mass is 10.1. The average molecular weight is 430 g/mol. The molecule has 0 fully saturated rings. The van der Waals surface area contributed by atoms with Gasteiger partial charge in [-0.2, -0.15) is 4.68 Å². The van der Waals surface area contributed by atoms with Crippen LogP contribution in [0, 0.1) is 18.6 Å². The monoisotopic (exact) mass is 429 g/mol. The van der Waals surface area contributed by atoms with Gasteiger partial charge in [0.1, 0.15) is 17.6 Å². The highest BCUT2D eigenvalue weighted by molar-refractivity contribution is 6.29. The van der Waals surface area contributed by atoms with Gasteiger partial charge in [-0.3, -0.25) is 0 Å². The first kappa shape index (κ1) is 19.7. The van der Waals surface area contributed by atoms with E-state index in [0.29, 0.717) is 11.3 Å². The molecule has 0 radical (unpaired) electrons. The molecule has 4 aromatic rings. The maximum absolute atomic E-state index is 14.6. The number of aromatic amines is 1. The summed E-state index contributed by atoms with van der Waals surface area (Å²) in [6, 6.07) is 11.8. The van der Waals surface area contributed by atoms with Crippen molar-refractivity contribution < 1.29 is 13.5 Å². The summed E-state index contributed by atoms with van der Waals surface area (Å²) in [7, 11) is 0. The van der Waals surface area contributed by atoms with Gasteiger partial charge in [-0.25, -0.2) is 23.7 Å². The number of aryl methyl sites for hydroxylation is 1. The molecular weight excluding hydrogens is 416 g/mol. The molecule has 0 aliphatic carbocycles. The van der Waals surface area contributed by atoms with E-state index in [1.165, 1.54) is 12.1 Å². The van der Waals surface area contributed by atoms with Crippen molar-refractivity contribution in [1.82, 2.24) is 25.2 Å². The molecule has 1 N–H and O–H groups in total. The smallest absolute Gasteiger partial charge is 0.365 e. The van der Waals surface area contributed by atoms with E-state index in [0.717, 1.165) is 22.4 Å². The lowest BCUT2D eigenvalue weighted by molar-refractivity contribution is 0.287. The predicted octanol–water partition coefficient (Wildman–Crippen LogP) is 3.84. The SMILES string of the molecule is Cc1cccc(-n2nn[nH]c2=O)c1COc1cc(F)c(-c2cccc(Cl)n2)cc1F. The van der Waals surface area contributed by atoms with Crippen molar-refractivity contribution in [3.63, 3.8) is 0 Å². The lowest BCUT2D eigenvalue weighted by Gasteiger charge is -2.14. The Kier molecular flexibility index (Phi) is 5.28. The molecule has 0 saturated heterocycles. The zero-order valence-corrected chi connectivity index (χ0v) is 16.3. The van der Waals surface area contributed by atoms with Crippen molar-refractivity contribution in [2.24, 2.45) is 0 Å². The highest BCUT2D eigenvalue weighted by Gasteiger charge is 2.16. The number of rotatable bonds is 5. The summed E-state index contributed by atoms with van der Waals surface area (Å²) < 4.78 is 35.8. The Labute approximate surface area is 173 Å². The molecule has 0 bridgehead atoms. The number of nitrogens with zero attached hydrogens (tertiary/aromatic N) is 4. The molecule has 30 heavy (non-hydrogen) atoms. The molecule has 0 atom stereocenters. The van der Waals surface area contributed by atoms with E-state index >= 15 is 0 Å². The van der Waals surface area contributed by atoms with Gasteiger partial charge in [0.2, 0.25) is 0 Å². The number of tetrazole rings is 1. The zero-order chi connectivity index (χ0) is 21.3. The van der Waals surface area contributed by atoms with Crippen molar-refractivity contribution in [2.75, 3.05) is 0 Å². The molecule has 152 valence electrons. The molecule has 0 aliphatic rings. The Bertz CT molecular complexity index is 1290. The number of pyridine rings is 1. The van der Waals surface area contributed by atoms with Gasteiger partial charge < -0.3 is 4.74 Å². The third kappa shape index (κ3) is 3.79. The number of benzene rings is 2. The van der Waals surface area contributed by atoms with E-state index in [2.05, 4.69) is 20.5 Å². The highest BCUT2D eigenvalue weighted by atomic mass is 35.5. The molecular formula is C20H14ClF2N5O2. The van der Waals surface area contributed by atoms with Gasteiger partial charge in [-0.15, -0.1) is 0 Å². The number of aromatic nitrogens is 5. The van der Waals surface area contributed by atoms with E-state index in [1.807, 2.05) is 0 Å². The zero-order valence-electron chi connectivity index (χ0n) is 15.6. The first-order chi connectivity index (χ1) is 14.4. The van der Waals surface area contributed by atoms with Crippen LogP contribution in [0.5, 0.6) is 5.75 Å². The summed E-state index contributed by atoms with van der Waals surface area (Å²) in [6.07, 6.45) is 0. The third-order valence-electron chi connectivity index (χ3n) is 4.47. The maximum atomic E-state index is 14.6. The Morgan fingerprint density at radius 1 is 1.13 bits per heavy atom. The Hall–Kier alpha value is -3.59. The van der Waals surface area contributed by atoms with Crippen LogP contribution in [0.2, 0.25) is 5.15 Å². The second-order valence-corrected chi connectivity index (χ2v) is 6.77. The number of hydrogen-bond acceptors (Lipinski definition) is 5. The quantitative estimate of drug-likeness (QED) is 0.487. The first-order valence-corrected chi connectivity index (χ1v) is 9.16. The number of nitrogens with one attached hydrogen (secondary N) is 1. The lowest BCUT2D eigenvalue weighted by Crippen LogP contribution is -2.18. The fraction of sp³-hybridized carbons (Fsp3) is 0.100. The normalized spacial score (nSPS) is 10.9. The van der Waals surface area contributed by atoms with Crippen molar-refractivity contribution in [3.8, 4) is 22.7 Å². The first-order valence-electron chi connectivity index (χ1n) is 8.78. The molecule has 10 heteroatoms. The van der Waals surface area contributed by atoms with E-state index in [9.17, 15) is 13.6 Å². The third-order valence-corrected chi connectivity index (χ3v) is 4.68. The number of halogens is 3. The molecule has 0 unspecified atom stereocenters. The van der Waals surface area contributed by atoms with Gasteiger partial charge >= 0.3 is 5.69 Å². The second kappa shape index (κ2) is 8.03. The number of hydrogen-bond donors (Lipinski definition) is 1. The summed E-state index contributed by atoms with van der Waals surface area (Å²) in [5.41, 5.74) is 1.42. The molecule has 0 amide bonds. The van der Waals surface area contributed by atoms with Crippen LogP contribution in [-0.4, -0.2) is 25.2 Å². The Morgan fingerprint density at radius 2 is 1.93 bits per heavy atom. The van der Waals surface area contributed by atoms with Gasteiger partial charge in [-0.05, 0) is 47.2 Å². The van der Waals surface area contributed by atoms with Crippen LogP contribution in [0.4, 0.5) is 8.78 Å². The minimum absolute atomic E-state index is 0.0342. The summed E-state index contributed by atoms with van der Waals surface area (Å²) >= 11 is 5.83. The van der Waals surface area contributed by atoms with Crippen molar-refractivity contribution in [2.45, 2.75) is 13.5 Å². The highest BCUT2D eigenvalue weighted by Crippen LogP contribution is 2.30. The average Bonchev–Trinajstić information content (AvgIpc) is 3.14. The van der Waals surface area contributed by atoms with Crippen LogP contribution < -0.4 is 10.4 Å².